The van der Waals surface area contributed by atoms with Gasteiger partial charge in [-0.25, -0.2) is 0 Å². The Morgan fingerprint density at radius 1 is 1.39 bits per heavy atom. The Hall–Kier alpha value is -1.62. The fourth-order valence-corrected chi connectivity index (χ4v) is 3.36. The molecule has 5 nitrogen and oxygen atoms in total. The topological polar surface area (TPSA) is 86.2 Å². The van der Waals surface area contributed by atoms with Crippen LogP contribution in [0.25, 0.3) is 0 Å². The highest BCUT2D eigenvalue weighted by Crippen LogP contribution is 2.40. The summed E-state index contributed by atoms with van der Waals surface area (Å²) in [4.78, 5) is 6.48. The minimum Gasteiger partial charge on any atom is -0.393 e. The molecule has 0 amide bonds. The van der Waals surface area contributed by atoms with Crippen molar-refractivity contribution < 1.29 is 5.11 Å². The van der Waals surface area contributed by atoms with Crippen LogP contribution in [0.15, 0.2) is 18.5 Å². The Labute approximate surface area is 106 Å². The number of nitrogens with zero attached hydrogens (tertiary/aromatic N) is 2. The van der Waals surface area contributed by atoms with Crippen molar-refractivity contribution in [3.8, 4) is 0 Å². The Balaban J connectivity index is 1.99. The van der Waals surface area contributed by atoms with Crippen LogP contribution in [0.5, 0.6) is 0 Å². The maximum atomic E-state index is 9.82. The van der Waals surface area contributed by atoms with Crippen molar-refractivity contribution in [3.63, 3.8) is 0 Å². The number of pyridine rings is 1. The molecule has 0 aromatic carbocycles. The Bertz CT molecular complexity index is 462. The van der Waals surface area contributed by atoms with Gasteiger partial charge in [-0.2, -0.15) is 0 Å². The van der Waals surface area contributed by atoms with Gasteiger partial charge in [-0.15, -0.1) is 0 Å². The Morgan fingerprint density at radius 3 is 2.67 bits per heavy atom. The van der Waals surface area contributed by atoms with Crippen molar-refractivity contribution in [2.45, 2.75) is 43.9 Å². The molecule has 96 valence electrons. The monoisotopic (exact) mass is 246 g/mol. The number of aliphatic hydroxyl groups excluding tert-OH is 1. The number of aromatic nitrogens is 1. The minimum absolute atomic E-state index is 0.0814. The first-order chi connectivity index (χ1) is 8.66. The summed E-state index contributed by atoms with van der Waals surface area (Å²) in [6, 6.07) is 2.52. The number of aliphatic hydroxyl groups is 1. The molecule has 3 rings (SSSR count). The maximum absolute atomic E-state index is 9.82. The van der Waals surface area contributed by atoms with Crippen LogP contribution in [-0.2, 0) is 0 Å². The van der Waals surface area contributed by atoms with Crippen molar-refractivity contribution in [2.75, 3.05) is 4.90 Å². The second-order valence-electron chi connectivity index (χ2n) is 5.22. The molecule has 3 heterocycles. The molecule has 2 aliphatic rings. The number of fused-ring (bicyclic) bond motifs is 2. The van der Waals surface area contributed by atoms with Crippen LogP contribution in [0.1, 0.15) is 31.2 Å². The molecule has 0 spiro atoms. The van der Waals surface area contributed by atoms with Gasteiger partial charge < -0.3 is 15.7 Å². The van der Waals surface area contributed by atoms with E-state index in [4.69, 9.17) is 11.1 Å². The highest BCUT2D eigenvalue weighted by atomic mass is 16.3. The van der Waals surface area contributed by atoms with Gasteiger partial charge in [0.05, 0.1) is 18.0 Å². The number of amidine groups is 1. The van der Waals surface area contributed by atoms with E-state index in [2.05, 4.69) is 9.88 Å². The van der Waals surface area contributed by atoms with Gasteiger partial charge in [0, 0.05) is 23.8 Å². The summed E-state index contributed by atoms with van der Waals surface area (Å²) < 4.78 is 0. The first kappa shape index (κ1) is 11.5. The van der Waals surface area contributed by atoms with Crippen LogP contribution in [0.3, 0.4) is 0 Å². The zero-order valence-corrected chi connectivity index (χ0v) is 10.2. The molecule has 1 aromatic rings. The molecule has 0 saturated carbocycles. The molecule has 4 N–H and O–H groups in total. The lowest BCUT2D eigenvalue weighted by molar-refractivity contribution is 0.126. The van der Waals surface area contributed by atoms with Crippen LogP contribution in [0, 0.1) is 5.41 Å². The van der Waals surface area contributed by atoms with Crippen molar-refractivity contribution in [1.29, 1.82) is 5.41 Å². The van der Waals surface area contributed by atoms with E-state index >= 15 is 0 Å². The number of nitrogen functional groups attached to an aromatic ring is 1. The molecule has 2 saturated heterocycles. The predicted octanol–water partition coefficient (Wildman–Crippen LogP) is 0.858. The van der Waals surface area contributed by atoms with E-state index in [0.29, 0.717) is 12.1 Å². The van der Waals surface area contributed by atoms with Crippen molar-refractivity contribution in [3.05, 3.63) is 24.0 Å². The Morgan fingerprint density at radius 2 is 2.06 bits per heavy atom. The van der Waals surface area contributed by atoms with Crippen LogP contribution in [0.4, 0.5) is 5.69 Å². The lowest BCUT2D eigenvalue weighted by Gasteiger charge is -2.39. The van der Waals surface area contributed by atoms with E-state index < -0.39 is 0 Å². The van der Waals surface area contributed by atoms with Crippen LogP contribution >= 0.6 is 0 Å². The molecule has 1 aromatic heterocycles. The van der Waals surface area contributed by atoms with Crippen molar-refractivity contribution in [1.82, 2.24) is 4.98 Å². The first-order valence-corrected chi connectivity index (χ1v) is 6.41. The molecule has 2 fully saturated rings. The van der Waals surface area contributed by atoms with Gasteiger partial charge in [0.2, 0.25) is 0 Å². The van der Waals surface area contributed by atoms with E-state index in [-0.39, 0.29) is 11.9 Å². The van der Waals surface area contributed by atoms with Gasteiger partial charge in [0.1, 0.15) is 5.84 Å². The van der Waals surface area contributed by atoms with Crippen LogP contribution in [0.2, 0.25) is 0 Å². The fourth-order valence-electron chi connectivity index (χ4n) is 3.36. The average molecular weight is 246 g/mol. The highest BCUT2D eigenvalue weighted by Gasteiger charge is 2.41. The first-order valence-electron chi connectivity index (χ1n) is 6.41. The second kappa shape index (κ2) is 4.24. The number of hydrogen-bond donors (Lipinski definition) is 3. The molecule has 2 bridgehead atoms. The number of nitrogens with two attached hydrogens (primary N) is 1. The van der Waals surface area contributed by atoms with E-state index in [1.54, 1.807) is 18.5 Å². The third-order valence-electron chi connectivity index (χ3n) is 4.08. The summed E-state index contributed by atoms with van der Waals surface area (Å²) >= 11 is 0. The summed E-state index contributed by atoms with van der Waals surface area (Å²) in [5.74, 6) is 0.0814. The second-order valence-corrected chi connectivity index (χ2v) is 5.22. The standard InChI is InChI=1S/C13H18N4O/c14-13(15)11-3-4-16-7-12(11)17-8-1-2-9(17)6-10(18)5-8/h3-4,7-10,18H,1-2,5-6H2,(H3,14,15). The lowest BCUT2D eigenvalue weighted by atomic mass is 9.98. The van der Waals surface area contributed by atoms with E-state index in [9.17, 15) is 5.11 Å². The number of piperidine rings is 1. The van der Waals surface area contributed by atoms with Gasteiger partial charge >= 0.3 is 0 Å². The zero-order valence-electron chi connectivity index (χ0n) is 10.2. The number of hydrogen-bond acceptors (Lipinski definition) is 4. The zero-order chi connectivity index (χ0) is 12.7. The van der Waals surface area contributed by atoms with Crippen LogP contribution in [-0.4, -0.2) is 34.1 Å². The normalized spacial score (nSPS) is 30.5. The van der Waals surface area contributed by atoms with E-state index in [1.807, 2.05) is 0 Å². The molecule has 18 heavy (non-hydrogen) atoms. The molecular formula is C13H18N4O. The van der Waals surface area contributed by atoms with Gasteiger partial charge in [0.15, 0.2) is 0 Å². The van der Waals surface area contributed by atoms with E-state index in [0.717, 1.165) is 36.9 Å². The number of rotatable bonds is 2. The number of anilines is 1. The van der Waals surface area contributed by atoms with Gasteiger partial charge in [0.25, 0.3) is 0 Å². The summed E-state index contributed by atoms with van der Waals surface area (Å²) in [7, 11) is 0. The minimum atomic E-state index is -0.184. The molecule has 2 atom stereocenters. The van der Waals surface area contributed by atoms with Gasteiger partial charge in [-0.1, -0.05) is 0 Å². The van der Waals surface area contributed by atoms with Crippen LogP contribution < -0.4 is 10.6 Å². The summed E-state index contributed by atoms with van der Waals surface area (Å²) in [5.41, 5.74) is 7.34. The maximum Gasteiger partial charge on any atom is 0.125 e. The third-order valence-corrected chi connectivity index (χ3v) is 4.08. The van der Waals surface area contributed by atoms with Crippen molar-refractivity contribution >= 4 is 11.5 Å². The SMILES string of the molecule is N=C(N)c1ccncc1N1C2CCC1CC(O)C2. The summed E-state index contributed by atoms with van der Waals surface area (Å²) in [6.45, 7) is 0. The predicted molar refractivity (Wildman–Crippen MR) is 69.8 cm³/mol. The molecule has 0 radical (unpaired) electrons. The summed E-state index contributed by atoms with van der Waals surface area (Å²) in [6.07, 6.45) is 7.10. The van der Waals surface area contributed by atoms with E-state index in [1.165, 1.54) is 0 Å². The van der Waals surface area contributed by atoms with Gasteiger partial charge in [-0.3, -0.25) is 10.4 Å². The molecular weight excluding hydrogens is 228 g/mol. The molecule has 2 unspecified atom stereocenters. The molecule has 2 aliphatic heterocycles. The average Bonchev–Trinajstić information content (AvgIpc) is 2.61. The Kier molecular flexibility index (Phi) is 2.70. The quantitative estimate of drug-likeness (QED) is 0.533. The van der Waals surface area contributed by atoms with Gasteiger partial charge in [-0.05, 0) is 31.7 Å². The molecule has 0 aliphatic carbocycles. The fraction of sp³-hybridized carbons (Fsp3) is 0.538. The lowest BCUT2D eigenvalue weighted by Crippen LogP contribution is -2.45. The summed E-state index contributed by atoms with van der Waals surface area (Å²) in [5, 5.41) is 17.5. The smallest absolute Gasteiger partial charge is 0.125 e. The van der Waals surface area contributed by atoms with Crippen molar-refractivity contribution in [2.24, 2.45) is 5.73 Å². The molecule has 5 heteroatoms. The number of nitrogens with one attached hydrogen (secondary N) is 1. The highest BCUT2D eigenvalue weighted by molar-refractivity contribution is 6.00. The third kappa shape index (κ3) is 1.75. The largest absolute Gasteiger partial charge is 0.393 e.